The molecule has 0 radical (unpaired) electrons. The van der Waals surface area contributed by atoms with Crippen molar-refractivity contribution in [1.82, 2.24) is 0 Å². The zero-order valence-corrected chi connectivity index (χ0v) is 9.84. The fourth-order valence-corrected chi connectivity index (χ4v) is 1.77. The van der Waals surface area contributed by atoms with Crippen molar-refractivity contribution in [2.75, 3.05) is 6.54 Å². The van der Waals surface area contributed by atoms with E-state index in [9.17, 15) is 0 Å². The second kappa shape index (κ2) is 5.94. The Morgan fingerprint density at radius 1 is 1.18 bits per heavy atom. The molecule has 1 aromatic rings. The number of benzene rings is 1. The van der Waals surface area contributed by atoms with Gasteiger partial charge in [-0.25, -0.2) is 4.99 Å². The van der Waals surface area contributed by atoms with E-state index in [0.717, 1.165) is 18.4 Å². The van der Waals surface area contributed by atoms with Crippen molar-refractivity contribution in [3.8, 4) is 0 Å². The van der Waals surface area contributed by atoms with Crippen LogP contribution < -0.4 is 0 Å². The number of hydrogen-bond donors (Lipinski definition) is 0. The maximum atomic E-state index is 4.50. The van der Waals surface area contributed by atoms with Gasteiger partial charge in [0.25, 0.3) is 0 Å². The molecule has 2 nitrogen and oxygen atoms in total. The molecule has 0 aromatic heterocycles. The molecule has 0 saturated carbocycles. The Balaban J connectivity index is 2.11. The first-order valence-electron chi connectivity index (χ1n) is 5.82. The molecule has 0 heterocycles. The summed E-state index contributed by atoms with van der Waals surface area (Å²) in [6, 6.07) is 9.94. The van der Waals surface area contributed by atoms with Crippen LogP contribution in [0.2, 0.25) is 0 Å². The van der Waals surface area contributed by atoms with Crippen LogP contribution in [0.4, 0.5) is 0 Å². The highest BCUT2D eigenvalue weighted by atomic mass is 14.9. The number of allylic oxidation sites excluding steroid dienone is 2. The van der Waals surface area contributed by atoms with Gasteiger partial charge < -0.3 is 0 Å². The van der Waals surface area contributed by atoms with Gasteiger partial charge in [-0.05, 0) is 25.1 Å². The van der Waals surface area contributed by atoms with Crippen molar-refractivity contribution < 1.29 is 0 Å². The Kier molecular flexibility index (Phi) is 4.03. The van der Waals surface area contributed by atoms with Crippen LogP contribution in [0.3, 0.4) is 0 Å². The van der Waals surface area contributed by atoms with E-state index in [2.05, 4.69) is 34.9 Å². The molecule has 1 aliphatic rings. The van der Waals surface area contributed by atoms with E-state index < -0.39 is 0 Å². The average Bonchev–Trinajstić information content (AvgIpc) is 2.42. The SMILES string of the molecule is C=NC(=NCC1=CCCC=C1)c1ccccc1. The van der Waals surface area contributed by atoms with Crippen LogP contribution in [-0.4, -0.2) is 19.1 Å². The lowest BCUT2D eigenvalue weighted by Crippen LogP contribution is -1.99. The summed E-state index contributed by atoms with van der Waals surface area (Å²) in [6.45, 7) is 4.26. The second-order valence-electron chi connectivity index (χ2n) is 3.92. The summed E-state index contributed by atoms with van der Waals surface area (Å²) >= 11 is 0. The first-order chi connectivity index (χ1) is 8.40. The van der Waals surface area contributed by atoms with Gasteiger partial charge >= 0.3 is 0 Å². The van der Waals surface area contributed by atoms with Crippen LogP contribution in [0.5, 0.6) is 0 Å². The fourth-order valence-electron chi connectivity index (χ4n) is 1.77. The highest BCUT2D eigenvalue weighted by Gasteiger charge is 2.00. The molecule has 0 fully saturated rings. The number of nitrogens with zero attached hydrogens (tertiary/aromatic N) is 2. The smallest absolute Gasteiger partial charge is 0.154 e. The van der Waals surface area contributed by atoms with Crippen LogP contribution in [0.25, 0.3) is 0 Å². The van der Waals surface area contributed by atoms with Crippen molar-refractivity contribution in [1.29, 1.82) is 0 Å². The molecule has 0 N–H and O–H groups in total. The summed E-state index contributed by atoms with van der Waals surface area (Å²) < 4.78 is 0. The minimum absolute atomic E-state index is 0.680. The summed E-state index contributed by atoms with van der Waals surface area (Å²) in [5.74, 6) is 0.713. The van der Waals surface area contributed by atoms with Gasteiger partial charge in [-0.15, -0.1) is 0 Å². The van der Waals surface area contributed by atoms with Crippen molar-refractivity contribution >= 4 is 12.6 Å². The Morgan fingerprint density at radius 2 is 2.00 bits per heavy atom. The molecule has 1 aromatic carbocycles. The summed E-state index contributed by atoms with van der Waals surface area (Å²) in [7, 11) is 0. The van der Waals surface area contributed by atoms with Crippen LogP contribution in [0.15, 0.2) is 64.1 Å². The van der Waals surface area contributed by atoms with E-state index in [1.165, 1.54) is 5.57 Å². The Hall–Kier alpha value is -1.96. The predicted octanol–water partition coefficient (Wildman–Crippen LogP) is 3.41. The minimum atomic E-state index is 0.680. The van der Waals surface area contributed by atoms with Gasteiger partial charge in [0.05, 0.1) is 6.54 Å². The Bertz CT molecular complexity index is 467. The number of aliphatic imine (C=N–C) groups is 2. The zero-order valence-electron chi connectivity index (χ0n) is 9.84. The highest BCUT2D eigenvalue weighted by Crippen LogP contribution is 2.10. The van der Waals surface area contributed by atoms with Crippen LogP contribution in [0.1, 0.15) is 18.4 Å². The number of hydrogen-bond acceptors (Lipinski definition) is 1. The predicted molar refractivity (Wildman–Crippen MR) is 73.9 cm³/mol. The van der Waals surface area contributed by atoms with Gasteiger partial charge in [0.2, 0.25) is 0 Å². The molecule has 0 amide bonds. The standard InChI is InChI=1S/C15H16N2/c1-16-15(14-10-6-3-7-11-14)17-12-13-8-4-2-5-9-13/h3-4,6-11H,1-2,5,12H2. The molecule has 0 aliphatic heterocycles. The first kappa shape index (κ1) is 11.5. The molecule has 0 atom stereocenters. The molecule has 86 valence electrons. The molecule has 1 aliphatic carbocycles. The van der Waals surface area contributed by atoms with Gasteiger partial charge in [-0.1, -0.05) is 48.6 Å². The third-order valence-corrected chi connectivity index (χ3v) is 2.66. The molecular weight excluding hydrogens is 208 g/mol. The first-order valence-corrected chi connectivity index (χ1v) is 5.82. The molecular formula is C15H16N2. The number of amidine groups is 1. The molecule has 17 heavy (non-hydrogen) atoms. The maximum absolute atomic E-state index is 4.50. The van der Waals surface area contributed by atoms with E-state index in [1.807, 2.05) is 30.3 Å². The highest BCUT2D eigenvalue weighted by molar-refractivity contribution is 6.01. The monoisotopic (exact) mass is 224 g/mol. The molecule has 0 spiro atoms. The van der Waals surface area contributed by atoms with Crippen LogP contribution in [-0.2, 0) is 0 Å². The van der Waals surface area contributed by atoms with E-state index in [4.69, 9.17) is 0 Å². The van der Waals surface area contributed by atoms with E-state index in [0.29, 0.717) is 12.4 Å². The van der Waals surface area contributed by atoms with Gasteiger partial charge in [-0.3, -0.25) is 4.99 Å². The molecule has 2 heteroatoms. The Morgan fingerprint density at radius 3 is 2.65 bits per heavy atom. The summed E-state index contributed by atoms with van der Waals surface area (Å²) in [4.78, 5) is 8.50. The quantitative estimate of drug-likeness (QED) is 0.555. The third kappa shape index (κ3) is 3.25. The fraction of sp³-hybridized carbons (Fsp3) is 0.200. The molecule has 2 rings (SSSR count). The number of rotatable bonds is 3. The van der Waals surface area contributed by atoms with E-state index in [-0.39, 0.29) is 0 Å². The van der Waals surface area contributed by atoms with Gasteiger partial charge in [0.1, 0.15) is 0 Å². The van der Waals surface area contributed by atoms with E-state index >= 15 is 0 Å². The normalized spacial score (nSPS) is 15.5. The van der Waals surface area contributed by atoms with Crippen LogP contribution >= 0.6 is 0 Å². The third-order valence-electron chi connectivity index (χ3n) is 2.66. The zero-order chi connectivity index (χ0) is 11.9. The summed E-state index contributed by atoms with van der Waals surface area (Å²) in [5, 5.41) is 0. The van der Waals surface area contributed by atoms with Gasteiger partial charge in [0.15, 0.2) is 5.84 Å². The lowest BCUT2D eigenvalue weighted by Gasteiger charge is -2.05. The molecule has 0 unspecified atom stereocenters. The van der Waals surface area contributed by atoms with E-state index in [1.54, 1.807) is 0 Å². The summed E-state index contributed by atoms with van der Waals surface area (Å²) in [6.07, 6.45) is 8.81. The van der Waals surface area contributed by atoms with Crippen molar-refractivity contribution in [2.45, 2.75) is 12.8 Å². The second-order valence-corrected chi connectivity index (χ2v) is 3.92. The minimum Gasteiger partial charge on any atom is -0.261 e. The molecule has 0 bridgehead atoms. The topological polar surface area (TPSA) is 24.7 Å². The van der Waals surface area contributed by atoms with Crippen molar-refractivity contribution in [3.05, 3.63) is 59.7 Å². The largest absolute Gasteiger partial charge is 0.261 e. The maximum Gasteiger partial charge on any atom is 0.154 e. The van der Waals surface area contributed by atoms with Crippen molar-refractivity contribution in [3.63, 3.8) is 0 Å². The Labute approximate surface area is 102 Å². The summed E-state index contributed by atoms with van der Waals surface area (Å²) in [5.41, 5.74) is 2.27. The lowest BCUT2D eigenvalue weighted by molar-refractivity contribution is 0.995. The average molecular weight is 224 g/mol. The lowest BCUT2D eigenvalue weighted by atomic mass is 10.1. The van der Waals surface area contributed by atoms with Crippen LogP contribution in [0, 0.1) is 0 Å². The van der Waals surface area contributed by atoms with Crippen molar-refractivity contribution in [2.24, 2.45) is 9.98 Å². The molecule has 0 saturated heterocycles. The van der Waals surface area contributed by atoms with Gasteiger partial charge in [-0.2, -0.15) is 0 Å². The van der Waals surface area contributed by atoms with Gasteiger partial charge in [0, 0.05) is 5.56 Å².